The van der Waals surface area contributed by atoms with Crippen LogP contribution in [-0.4, -0.2) is 31.3 Å². The average molecular weight is 203 g/mol. The van der Waals surface area contributed by atoms with Crippen molar-refractivity contribution in [3.05, 3.63) is 0 Å². The van der Waals surface area contributed by atoms with E-state index in [9.17, 15) is 4.79 Å². The van der Waals surface area contributed by atoms with Gasteiger partial charge in [0.25, 0.3) is 0 Å². The number of aldehydes is 1. The first kappa shape index (κ1) is 19.2. The number of hydrogen-bond donors (Lipinski definition) is 0. The Morgan fingerprint density at radius 1 is 1.21 bits per heavy atom. The zero-order chi connectivity index (χ0) is 12.0. The molecular weight excluding hydrogens is 174 g/mol. The summed E-state index contributed by atoms with van der Waals surface area (Å²) in [6.07, 6.45) is 1.68. The molecule has 0 bridgehead atoms. The lowest BCUT2D eigenvalue weighted by atomic mass is 10.1. The fourth-order valence-corrected chi connectivity index (χ4v) is 0.900. The van der Waals surface area contributed by atoms with Crippen LogP contribution in [0, 0.1) is 5.92 Å². The fraction of sp³-hybridized carbons (Fsp3) is 0.917. The second kappa shape index (κ2) is 18.4. The van der Waals surface area contributed by atoms with Gasteiger partial charge in [-0.1, -0.05) is 41.5 Å². The maximum Gasteiger partial charge on any atom is 0.120 e. The molecule has 0 aromatic heterocycles. The highest BCUT2D eigenvalue weighted by atomic mass is 16.1. The van der Waals surface area contributed by atoms with Gasteiger partial charge in [-0.25, -0.2) is 0 Å². The topological polar surface area (TPSA) is 20.3 Å². The van der Waals surface area contributed by atoms with E-state index in [0.29, 0.717) is 12.3 Å². The van der Waals surface area contributed by atoms with Crippen LogP contribution in [0.3, 0.4) is 0 Å². The predicted molar refractivity (Wildman–Crippen MR) is 65.7 cm³/mol. The average Bonchev–Trinajstić information content (AvgIpc) is 2.24. The van der Waals surface area contributed by atoms with Crippen molar-refractivity contribution < 1.29 is 4.79 Å². The van der Waals surface area contributed by atoms with E-state index >= 15 is 0 Å². The lowest BCUT2D eigenvalue weighted by molar-refractivity contribution is -0.108. The molecule has 0 radical (unpaired) electrons. The van der Waals surface area contributed by atoms with Crippen LogP contribution in [0.2, 0.25) is 0 Å². The molecule has 0 heterocycles. The Bertz CT molecular complexity index is 94.3. The summed E-state index contributed by atoms with van der Waals surface area (Å²) >= 11 is 0. The van der Waals surface area contributed by atoms with E-state index in [2.05, 4.69) is 25.8 Å². The van der Waals surface area contributed by atoms with Crippen molar-refractivity contribution in [3.63, 3.8) is 0 Å². The highest BCUT2D eigenvalue weighted by molar-refractivity contribution is 5.49. The van der Waals surface area contributed by atoms with E-state index in [0.717, 1.165) is 19.4 Å². The molecule has 0 aromatic rings. The van der Waals surface area contributed by atoms with E-state index in [-0.39, 0.29) is 0 Å². The Balaban J connectivity index is -0.000000266. The van der Waals surface area contributed by atoms with Gasteiger partial charge in [0, 0.05) is 13.0 Å². The lowest BCUT2D eigenvalue weighted by Gasteiger charge is -2.17. The Morgan fingerprint density at radius 2 is 1.64 bits per heavy atom. The van der Waals surface area contributed by atoms with Crippen molar-refractivity contribution in [1.82, 2.24) is 4.90 Å². The number of rotatable bonds is 5. The monoisotopic (exact) mass is 203 g/mol. The zero-order valence-corrected chi connectivity index (χ0v) is 11.1. The summed E-state index contributed by atoms with van der Waals surface area (Å²) in [6, 6.07) is 0. The van der Waals surface area contributed by atoms with Gasteiger partial charge in [0.15, 0.2) is 0 Å². The van der Waals surface area contributed by atoms with Crippen molar-refractivity contribution in [2.75, 3.05) is 20.1 Å². The van der Waals surface area contributed by atoms with Crippen LogP contribution in [-0.2, 0) is 4.79 Å². The van der Waals surface area contributed by atoms with Gasteiger partial charge in [-0.3, -0.25) is 0 Å². The first-order chi connectivity index (χ1) is 6.70. The maximum atomic E-state index is 10.1. The van der Waals surface area contributed by atoms with E-state index < -0.39 is 0 Å². The molecule has 2 heteroatoms. The molecule has 88 valence electrons. The van der Waals surface area contributed by atoms with Crippen LogP contribution < -0.4 is 0 Å². The van der Waals surface area contributed by atoms with Gasteiger partial charge in [-0.15, -0.1) is 0 Å². The molecule has 0 N–H and O–H groups in total. The minimum absolute atomic E-state index is 0.502. The van der Waals surface area contributed by atoms with E-state index in [1.807, 2.05) is 27.7 Å². The van der Waals surface area contributed by atoms with Crippen molar-refractivity contribution in [2.24, 2.45) is 5.92 Å². The summed E-state index contributed by atoms with van der Waals surface area (Å²) in [6.45, 7) is 14.3. The van der Waals surface area contributed by atoms with Crippen LogP contribution in [0.25, 0.3) is 0 Å². The quantitative estimate of drug-likeness (QED) is 0.639. The smallest absolute Gasteiger partial charge is 0.120 e. The van der Waals surface area contributed by atoms with Gasteiger partial charge in [0.05, 0.1) is 0 Å². The van der Waals surface area contributed by atoms with Gasteiger partial charge in [-0.05, 0) is 19.5 Å². The number of nitrogens with zero attached hydrogens (tertiary/aromatic N) is 1. The van der Waals surface area contributed by atoms with Gasteiger partial charge in [-0.2, -0.15) is 0 Å². The maximum absolute atomic E-state index is 10.1. The molecule has 2 nitrogen and oxygen atoms in total. The second-order valence-corrected chi connectivity index (χ2v) is 2.86. The van der Waals surface area contributed by atoms with E-state index in [1.165, 1.54) is 0 Å². The summed E-state index contributed by atoms with van der Waals surface area (Å²) in [5.74, 6) is 0.502. The molecule has 0 saturated heterocycles. The van der Waals surface area contributed by atoms with Crippen LogP contribution in [0.1, 0.15) is 48.0 Å². The van der Waals surface area contributed by atoms with Crippen LogP contribution in [0.4, 0.5) is 0 Å². The molecule has 0 aromatic carbocycles. The van der Waals surface area contributed by atoms with Crippen LogP contribution in [0.15, 0.2) is 0 Å². The molecule has 0 rings (SSSR count). The van der Waals surface area contributed by atoms with Crippen LogP contribution >= 0.6 is 0 Å². The fourth-order valence-electron chi connectivity index (χ4n) is 0.900. The number of carbonyl (C=O) groups excluding carboxylic acids is 1. The van der Waals surface area contributed by atoms with Crippen molar-refractivity contribution in [1.29, 1.82) is 0 Å². The first-order valence-electron chi connectivity index (χ1n) is 5.82. The Morgan fingerprint density at radius 3 is 1.93 bits per heavy atom. The van der Waals surface area contributed by atoms with E-state index in [1.54, 1.807) is 0 Å². The first-order valence-corrected chi connectivity index (χ1v) is 5.82. The van der Waals surface area contributed by atoms with Crippen molar-refractivity contribution in [2.45, 2.75) is 48.0 Å². The van der Waals surface area contributed by atoms with E-state index in [4.69, 9.17) is 0 Å². The Hall–Kier alpha value is -0.370. The molecule has 0 aliphatic carbocycles. The zero-order valence-electron chi connectivity index (χ0n) is 11.1. The number of hydrogen-bond acceptors (Lipinski definition) is 2. The molecule has 0 fully saturated rings. The highest BCUT2D eigenvalue weighted by Crippen LogP contribution is 2.00. The summed E-state index contributed by atoms with van der Waals surface area (Å²) in [4.78, 5) is 12.3. The minimum atomic E-state index is 0.502. The largest absolute Gasteiger partial charge is 0.306 e. The predicted octanol–water partition coefficient (Wildman–Crippen LogP) is 3.22. The second-order valence-electron chi connectivity index (χ2n) is 2.86. The van der Waals surface area contributed by atoms with Gasteiger partial charge in [0.1, 0.15) is 6.29 Å². The Labute approximate surface area is 90.7 Å². The summed E-state index contributed by atoms with van der Waals surface area (Å²) in [5, 5.41) is 0. The lowest BCUT2D eigenvalue weighted by Crippen LogP contribution is -2.24. The summed E-state index contributed by atoms with van der Waals surface area (Å²) in [7, 11) is 2.07. The SMILES string of the molecule is CC.CC.CCN(C)CC(C)CC=O. The molecule has 0 spiro atoms. The highest BCUT2D eigenvalue weighted by Gasteiger charge is 2.02. The third-order valence-corrected chi connectivity index (χ3v) is 1.66. The third kappa shape index (κ3) is 17.6. The number of carbonyl (C=O) groups is 1. The van der Waals surface area contributed by atoms with Crippen LogP contribution in [0.5, 0.6) is 0 Å². The molecule has 14 heavy (non-hydrogen) atoms. The molecule has 0 amide bonds. The van der Waals surface area contributed by atoms with Crippen molar-refractivity contribution >= 4 is 6.29 Å². The van der Waals surface area contributed by atoms with Gasteiger partial charge >= 0.3 is 0 Å². The molecule has 0 aliphatic heterocycles. The Kier molecular flexibility index (Phi) is 25.3. The minimum Gasteiger partial charge on any atom is -0.306 e. The molecule has 1 atom stereocenters. The third-order valence-electron chi connectivity index (χ3n) is 1.66. The van der Waals surface area contributed by atoms with Gasteiger partial charge in [0.2, 0.25) is 0 Å². The standard InChI is InChI=1S/C8H17NO.2C2H6/c1-4-9(3)7-8(2)5-6-10;2*1-2/h6,8H,4-5,7H2,1-3H3;2*1-2H3. The molecule has 1 unspecified atom stereocenters. The molecule has 0 saturated carbocycles. The molecule has 0 aliphatic rings. The van der Waals surface area contributed by atoms with Gasteiger partial charge < -0.3 is 9.69 Å². The summed E-state index contributed by atoms with van der Waals surface area (Å²) in [5.41, 5.74) is 0. The normalized spacial score (nSPS) is 10.6. The van der Waals surface area contributed by atoms with Crippen molar-refractivity contribution in [3.8, 4) is 0 Å². The molecular formula is C12H29NO. The summed E-state index contributed by atoms with van der Waals surface area (Å²) < 4.78 is 0.